The van der Waals surface area contributed by atoms with Crippen LogP contribution in [0.1, 0.15) is 37.9 Å². The molecule has 33 heavy (non-hydrogen) atoms. The highest BCUT2D eigenvalue weighted by molar-refractivity contribution is 7.07. The number of aromatic nitrogens is 1. The van der Waals surface area contributed by atoms with Crippen LogP contribution in [0.3, 0.4) is 0 Å². The van der Waals surface area contributed by atoms with Gasteiger partial charge in [-0.15, -0.1) is 0 Å². The molecule has 0 radical (unpaired) electrons. The highest BCUT2D eigenvalue weighted by Crippen LogP contribution is 2.35. The first-order valence-electron chi connectivity index (χ1n) is 10.5. The Hall–Kier alpha value is -3.65. The average molecular weight is 465 g/mol. The summed E-state index contributed by atoms with van der Waals surface area (Å²) in [7, 11) is 1.56. The van der Waals surface area contributed by atoms with Gasteiger partial charge in [-0.3, -0.25) is 14.2 Å². The summed E-state index contributed by atoms with van der Waals surface area (Å²) in [5, 5.41) is 9.97. The molecule has 0 fully saturated rings. The maximum atomic E-state index is 13.6. The smallest absolute Gasteiger partial charge is 0.271 e. The van der Waals surface area contributed by atoms with Gasteiger partial charge in [0.2, 0.25) is 0 Å². The van der Waals surface area contributed by atoms with Crippen LogP contribution in [0.25, 0.3) is 6.08 Å². The van der Waals surface area contributed by atoms with Crippen molar-refractivity contribution >= 4 is 23.2 Å². The van der Waals surface area contributed by atoms with Gasteiger partial charge in [-0.1, -0.05) is 35.6 Å². The second-order valence-electron chi connectivity index (χ2n) is 7.54. The Labute approximate surface area is 194 Å². The van der Waals surface area contributed by atoms with Crippen molar-refractivity contribution < 1.29 is 19.4 Å². The third-order valence-corrected chi connectivity index (χ3v) is 6.40. The molecule has 1 atom stereocenters. The number of ketones is 1. The van der Waals surface area contributed by atoms with Crippen LogP contribution in [0.15, 0.2) is 63.5 Å². The van der Waals surface area contributed by atoms with Crippen molar-refractivity contribution in [2.75, 3.05) is 13.7 Å². The number of fused-ring (bicyclic) bond motifs is 1. The summed E-state index contributed by atoms with van der Waals surface area (Å²) in [6.07, 6.45) is 1.73. The van der Waals surface area contributed by atoms with Gasteiger partial charge in [0, 0.05) is 16.8 Å². The first kappa shape index (κ1) is 22.5. The van der Waals surface area contributed by atoms with E-state index in [4.69, 9.17) is 9.47 Å². The molecular formula is C25H24N2O5S. The maximum absolute atomic E-state index is 13.6. The van der Waals surface area contributed by atoms with Crippen molar-refractivity contribution in [3.63, 3.8) is 0 Å². The zero-order chi connectivity index (χ0) is 23.7. The summed E-state index contributed by atoms with van der Waals surface area (Å²) in [6, 6.07) is 11.6. The number of rotatable bonds is 6. The van der Waals surface area contributed by atoms with E-state index in [2.05, 4.69) is 4.99 Å². The maximum Gasteiger partial charge on any atom is 0.271 e. The van der Waals surface area contributed by atoms with Crippen molar-refractivity contribution in [3.8, 4) is 17.2 Å². The molecule has 2 heterocycles. The van der Waals surface area contributed by atoms with Gasteiger partial charge in [0.1, 0.15) is 5.75 Å². The van der Waals surface area contributed by atoms with E-state index in [9.17, 15) is 14.7 Å². The minimum Gasteiger partial charge on any atom is -0.504 e. The summed E-state index contributed by atoms with van der Waals surface area (Å²) in [6.45, 7) is 5.50. The van der Waals surface area contributed by atoms with Gasteiger partial charge in [-0.05, 0) is 50.6 Å². The number of hydrogen-bond donors (Lipinski definition) is 1. The number of allylic oxidation sites excluding steroid dienone is 2. The number of Topliss-reactive ketones (excluding diaryl/α,β-unsaturated/α-hetero) is 1. The minimum absolute atomic E-state index is 0.0355. The molecule has 7 nitrogen and oxygen atoms in total. The number of para-hydroxylation sites is 1. The SMILES string of the molecule is CCOc1cc(/C=c2\sc3n(c2=O)[C@@H](c2ccccc2OC)C(C(C)=O)=C(C)N=3)ccc1O. The Balaban J connectivity index is 1.96. The normalized spacial score (nSPS) is 15.8. The molecule has 0 bridgehead atoms. The molecule has 0 amide bonds. The predicted octanol–water partition coefficient (Wildman–Crippen LogP) is 2.94. The lowest BCUT2D eigenvalue weighted by Gasteiger charge is -2.25. The van der Waals surface area contributed by atoms with Gasteiger partial charge >= 0.3 is 0 Å². The van der Waals surface area contributed by atoms with Crippen LogP contribution in [0.4, 0.5) is 0 Å². The molecule has 2 aromatic carbocycles. The zero-order valence-electron chi connectivity index (χ0n) is 18.8. The standard InChI is InChI=1S/C25H24N2O5S/c1-5-32-20-12-16(10-11-18(20)29)13-21-24(30)27-23(17-8-6-7-9-19(17)31-4)22(15(3)28)14(2)26-25(27)33-21/h6-13,23,29H,5H2,1-4H3/b21-13-/t23-/m0/s1. The molecule has 0 saturated heterocycles. The van der Waals surface area contributed by atoms with Crippen LogP contribution in [0.5, 0.6) is 17.2 Å². The predicted molar refractivity (Wildman–Crippen MR) is 127 cm³/mol. The van der Waals surface area contributed by atoms with E-state index >= 15 is 0 Å². The highest BCUT2D eigenvalue weighted by Gasteiger charge is 2.32. The molecular weight excluding hydrogens is 440 g/mol. The van der Waals surface area contributed by atoms with Crippen molar-refractivity contribution in [3.05, 3.63) is 84.5 Å². The lowest BCUT2D eigenvalue weighted by atomic mass is 9.93. The number of ether oxygens (including phenoxy) is 2. The summed E-state index contributed by atoms with van der Waals surface area (Å²) in [5.74, 6) is 0.820. The highest BCUT2D eigenvalue weighted by atomic mass is 32.1. The Kier molecular flexibility index (Phi) is 6.20. The Morgan fingerprint density at radius 1 is 1.24 bits per heavy atom. The van der Waals surface area contributed by atoms with Crippen LogP contribution in [0.2, 0.25) is 0 Å². The number of carbonyl (C=O) groups excluding carboxylic acids is 1. The van der Waals surface area contributed by atoms with Crippen molar-refractivity contribution in [2.24, 2.45) is 4.99 Å². The van der Waals surface area contributed by atoms with Crippen LogP contribution >= 0.6 is 11.3 Å². The van der Waals surface area contributed by atoms with Crippen molar-refractivity contribution in [1.29, 1.82) is 0 Å². The monoisotopic (exact) mass is 464 g/mol. The molecule has 8 heteroatoms. The summed E-state index contributed by atoms with van der Waals surface area (Å²) in [4.78, 5) is 31.3. The van der Waals surface area contributed by atoms with Gasteiger partial charge in [-0.2, -0.15) is 0 Å². The number of aromatic hydroxyl groups is 1. The number of methoxy groups -OCH3 is 1. The Morgan fingerprint density at radius 3 is 2.70 bits per heavy atom. The minimum atomic E-state index is -0.643. The number of carbonyl (C=O) groups is 1. The quantitative estimate of drug-likeness (QED) is 0.606. The van der Waals surface area contributed by atoms with E-state index in [0.29, 0.717) is 44.3 Å². The fourth-order valence-electron chi connectivity index (χ4n) is 4.00. The van der Waals surface area contributed by atoms with Crippen molar-refractivity contribution in [1.82, 2.24) is 4.57 Å². The summed E-state index contributed by atoms with van der Waals surface area (Å²) in [5.41, 5.74) is 2.21. The number of phenolic OH excluding ortho intramolecular Hbond substituents is 1. The van der Waals surface area contributed by atoms with Crippen LogP contribution in [-0.2, 0) is 4.79 Å². The van der Waals surface area contributed by atoms with E-state index in [-0.39, 0.29) is 17.1 Å². The number of benzene rings is 2. The van der Waals surface area contributed by atoms with E-state index in [1.165, 1.54) is 24.3 Å². The van der Waals surface area contributed by atoms with Crippen LogP contribution < -0.4 is 24.4 Å². The molecule has 1 aromatic heterocycles. The summed E-state index contributed by atoms with van der Waals surface area (Å²) < 4.78 is 13.0. The number of thiazole rings is 1. The second-order valence-corrected chi connectivity index (χ2v) is 8.55. The Bertz CT molecular complexity index is 1450. The third-order valence-electron chi connectivity index (χ3n) is 5.42. The fraction of sp³-hybridized carbons (Fsp3) is 0.240. The molecule has 1 aliphatic heterocycles. The molecule has 170 valence electrons. The van der Waals surface area contributed by atoms with Gasteiger partial charge in [-0.25, -0.2) is 4.99 Å². The summed E-state index contributed by atoms with van der Waals surface area (Å²) >= 11 is 1.25. The van der Waals surface area contributed by atoms with Gasteiger partial charge in [0.25, 0.3) is 5.56 Å². The lowest BCUT2D eigenvalue weighted by molar-refractivity contribution is -0.114. The largest absolute Gasteiger partial charge is 0.504 e. The van der Waals surface area contributed by atoms with Crippen LogP contribution in [0, 0.1) is 0 Å². The van der Waals surface area contributed by atoms with E-state index in [1.54, 1.807) is 36.8 Å². The van der Waals surface area contributed by atoms with Gasteiger partial charge in [0.05, 0.1) is 24.3 Å². The number of hydrogen-bond acceptors (Lipinski definition) is 7. The Morgan fingerprint density at radius 2 is 2.00 bits per heavy atom. The molecule has 3 aromatic rings. The third kappa shape index (κ3) is 4.09. The molecule has 1 aliphatic rings. The fourth-order valence-corrected chi connectivity index (χ4v) is 5.05. The second kappa shape index (κ2) is 9.07. The topological polar surface area (TPSA) is 90.1 Å². The van der Waals surface area contributed by atoms with Gasteiger partial charge in [0.15, 0.2) is 22.1 Å². The van der Waals surface area contributed by atoms with E-state index in [1.807, 2.05) is 31.2 Å². The van der Waals surface area contributed by atoms with Gasteiger partial charge < -0.3 is 14.6 Å². The van der Waals surface area contributed by atoms with Crippen molar-refractivity contribution in [2.45, 2.75) is 26.8 Å². The number of phenols is 1. The number of nitrogens with zero attached hydrogens (tertiary/aromatic N) is 2. The molecule has 0 saturated carbocycles. The molecule has 0 aliphatic carbocycles. The molecule has 4 rings (SSSR count). The molecule has 0 spiro atoms. The first-order valence-corrected chi connectivity index (χ1v) is 11.3. The lowest BCUT2D eigenvalue weighted by Crippen LogP contribution is -2.39. The average Bonchev–Trinajstić information content (AvgIpc) is 3.09. The van der Waals surface area contributed by atoms with E-state index in [0.717, 1.165) is 5.56 Å². The zero-order valence-corrected chi connectivity index (χ0v) is 19.6. The van der Waals surface area contributed by atoms with E-state index < -0.39 is 6.04 Å². The molecule has 1 N–H and O–H groups in total. The first-order chi connectivity index (χ1) is 15.8. The molecule has 0 unspecified atom stereocenters. The van der Waals surface area contributed by atoms with Crippen LogP contribution in [-0.4, -0.2) is 29.2 Å².